The molecule has 0 aromatic heterocycles. The predicted octanol–water partition coefficient (Wildman–Crippen LogP) is 7.60. The van der Waals surface area contributed by atoms with E-state index in [4.69, 9.17) is 21.7 Å². The maximum Gasteiger partial charge on any atom is 0.270 e. The molecule has 1 heterocycles. The van der Waals surface area contributed by atoms with E-state index in [-0.39, 0.29) is 5.91 Å². The number of carbonyl (C=O) groups is 1. The Hall–Kier alpha value is -3.13. The molecule has 4 aromatic rings. The molecule has 1 saturated heterocycles. The topological polar surface area (TPSA) is 38.8 Å². The van der Waals surface area contributed by atoms with Crippen LogP contribution in [0.2, 0.25) is 0 Å². The normalized spacial score (nSPS) is 14.7. The standard InChI is InChI=1S/C28H20BrNO3S2/c1-32-25-15-19(11-14-24(25)33-17-18-9-12-21(29)13-10-18)16-26-27(31)30(28(34)35-26)23-8-4-6-20-5-2-3-7-22(20)23/h2-16H,17H2,1H3/b26-16+. The van der Waals surface area contributed by atoms with Gasteiger partial charge in [0.1, 0.15) is 6.61 Å². The fourth-order valence-corrected chi connectivity index (χ4v) is 5.41. The van der Waals surface area contributed by atoms with E-state index in [9.17, 15) is 4.79 Å². The van der Waals surface area contributed by atoms with Crippen LogP contribution in [-0.2, 0) is 11.4 Å². The number of anilines is 1. The van der Waals surface area contributed by atoms with Crippen LogP contribution >= 0.6 is 39.9 Å². The van der Waals surface area contributed by atoms with E-state index in [0.717, 1.165) is 32.1 Å². The van der Waals surface area contributed by atoms with Crippen molar-refractivity contribution in [2.24, 2.45) is 0 Å². The van der Waals surface area contributed by atoms with Crippen molar-refractivity contribution >= 4 is 72.7 Å². The average molecular weight is 563 g/mol. The van der Waals surface area contributed by atoms with Crippen molar-refractivity contribution in [2.75, 3.05) is 12.0 Å². The molecule has 0 unspecified atom stereocenters. The summed E-state index contributed by atoms with van der Waals surface area (Å²) in [6.07, 6.45) is 1.84. The lowest BCUT2D eigenvalue weighted by Crippen LogP contribution is -2.27. The number of thiocarbonyl (C=S) groups is 1. The molecule has 0 bridgehead atoms. The molecule has 0 N–H and O–H groups in total. The van der Waals surface area contributed by atoms with Crippen LogP contribution in [0.5, 0.6) is 11.5 Å². The Morgan fingerprint density at radius 1 is 0.971 bits per heavy atom. The number of carbonyl (C=O) groups excluding carboxylic acids is 1. The van der Waals surface area contributed by atoms with Crippen LogP contribution in [0.3, 0.4) is 0 Å². The lowest BCUT2D eigenvalue weighted by atomic mass is 10.1. The summed E-state index contributed by atoms with van der Waals surface area (Å²) in [5.74, 6) is 1.10. The highest BCUT2D eigenvalue weighted by molar-refractivity contribution is 9.10. The van der Waals surface area contributed by atoms with Gasteiger partial charge in [-0.3, -0.25) is 9.69 Å². The minimum absolute atomic E-state index is 0.133. The van der Waals surface area contributed by atoms with Crippen LogP contribution in [0.25, 0.3) is 16.8 Å². The molecule has 4 aromatic carbocycles. The Morgan fingerprint density at radius 3 is 2.54 bits per heavy atom. The fraction of sp³-hybridized carbons (Fsp3) is 0.0714. The molecule has 7 heteroatoms. The number of halogens is 1. The summed E-state index contributed by atoms with van der Waals surface area (Å²) in [6, 6.07) is 27.5. The van der Waals surface area contributed by atoms with Crippen molar-refractivity contribution in [3.8, 4) is 11.5 Å². The lowest BCUT2D eigenvalue weighted by Gasteiger charge is -2.17. The summed E-state index contributed by atoms with van der Waals surface area (Å²) < 4.78 is 13.1. The van der Waals surface area contributed by atoms with Crippen molar-refractivity contribution < 1.29 is 14.3 Å². The minimum atomic E-state index is -0.133. The molecule has 0 atom stereocenters. The Morgan fingerprint density at radius 2 is 1.74 bits per heavy atom. The quantitative estimate of drug-likeness (QED) is 0.179. The zero-order valence-electron chi connectivity index (χ0n) is 18.7. The predicted molar refractivity (Wildman–Crippen MR) is 151 cm³/mol. The van der Waals surface area contributed by atoms with Gasteiger partial charge in [0.2, 0.25) is 0 Å². The smallest absolute Gasteiger partial charge is 0.270 e. The molecule has 1 aliphatic rings. The number of rotatable bonds is 6. The van der Waals surface area contributed by atoms with Gasteiger partial charge < -0.3 is 9.47 Å². The second kappa shape index (κ2) is 10.2. The van der Waals surface area contributed by atoms with Gasteiger partial charge in [0.25, 0.3) is 5.91 Å². The molecular weight excluding hydrogens is 542 g/mol. The van der Waals surface area contributed by atoms with Crippen LogP contribution in [0.4, 0.5) is 5.69 Å². The van der Waals surface area contributed by atoms with Gasteiger partial charge in [-0.05, 0) is 52.9 Å². The zero-order valence-corrected chi connectivity index (χ0v) is 22.0. The second-order valence-electron chi connectivity index (χ2n) is 7.84. The highest BCUT2D eigenvalue weighted by atomic mass is 79.9. The van der Waals surface area contributed by atoms with Crippen LogP contribution in [0, 0.1) is 0 Å². The van der Waals surface area contributed by atoms with Gasteiger partial charge in [0, 0.05) is 9.86 Å². The minimum Gasteiger partial charge on any atom is -0.493 e. The first-order valence-electron chi connectivity index (χ1n) is 10.8. The molecule has 0 saturated carbocycles. The van der Waals surface area contributed by atoms with Gasteiger partial charge in [-0.25, -0.2) is 0 Å². The van der Waals surface area contributed by atoms with E-state index in [1.165, 1.54) is 11.8 Å². The van der Waals surface area contributed by atoms with Crippen molar-refractivity contribution in [3.63, 3.8) is 0 Å². The zero-order chi connectivity index (χ0) is 24.4. The Balaban J connectivity index is 1.38. The molecule has 1 amide bonds. The number of thioether (sulfide) groups is 1. The van der Waals surface area contributed by atoms with E-state index >= 15 is 0 Å². The number of hydrogen-bond acceptors (Lipinski definition) is 5. The molecule has 0 aliphatic carbocycles. The molecular formula is C28H20BrNO3S2. The van der Waals surface area contributed by atoms with Gasteiger partial charge in [0.05, 0.1) is 17.7 Å². The van der Waals surface area contributed by atoms with E-state index in [1.54, 1.807) is 12.0 Å². The van der Waals surface area contributed by atoms with Gasteiger partial charge >= 0.3 is 0 Å². The maximum absolute atomic E-state index is 13.4. The first-order chi connectivity index (χ1) is 17.0. The largest absolute Gasteiger partial charge is 0.493 e. The van der Waals surface area contributed by atoms with E-state index in [1.807, 2.05) is 91.0 Å². The van der Waals surface area contributed by atoms with Gasteiger partial charge in [-0.1, -0.05) is 94.5 Å². The molecule has 0 spiro atoms. The second-order valence-corrected chi connectivity index (χ2v) is 10.4. The number of amides is 1. The third kappa shape index (κ3) is 4.98. The summed E-state index contributed by atoms with van der Waals surface area (Å²) in [6.45, 7) is 0.423. The number of ether oxygens (including phenoxy) is 2. The SMILES string of the molecule is COc1cc(/C=C2/SC(=S)N(c3cccc4ccccc34)C2=O)ccc1OCc1ccc(Br)cc1. The highest BCUT2D eigenvalue weighted by Gasteiger charge is 2.34. The van der Waals surface area contributed by atoms with Crippen molar-refractivity contribution in [1.29, 1.82) is 0 Å². The number of hydrogen-bond donors (Lipinski definition) is 0. The molecule has 1 aliphatic heterocycles. The summed E-state index contributed by atoms with van der Waals surface area (Å²) in [5.41, 5.74) is 2.68. The average Bonchev–Trinajstić information content (AvgIpc) is 3.15. The monoisotopic (exact) mass is 561 g/mol. The third-order valence-corrected chi connectivity index (χ3v) is 7.43. The number of nitrogens with zero attached hydrogens (tertiary/aromatic N) is 1. The summed E-state index contributed by atoms with van der Waals surface area (Å²) in [7, 11) is 1.60. The Bertz CT molecular complexity index is 1460. The summed E-state index contributed by atoms with van der Waals surface area (Å²) in [4.78, 5) is 15.5. The van der Waals surface area contributed by atoms with Crippen molar-refractivity contribution in [1.82, 2.24) is 0 Å². The summed E-state index contributed by atoms with van der Waals surface area (Å²) >= 11 is 10.3. The van der Waals surface area contributed by atoms with Gasteiger partial charge in [-0.2, -0.15) is 0 Å². The molecule has 1 fully saturated rings. The molecule has 174 valence electrons. The van der Waals surface area contributed by atoms with Crippen LogP contribution < -0.4 is 14.4 Å². The lowest BCUT2D eigenvalue weighted by molar-refractivity contribution is -0.113. The van der Waals surface area contributed by atoms with Crippen molar-refractivity contribution in [2.45, 2.75) is 6.61 Å². The number of benzene rings is 4. The van der Waals surface area contributed by atoms with E-state index in [2.05, 4.69) is 15.9 Å². The highest BCUT2D eigenvalue weighted by Crippen LogP contribution is 2.39. The van der Waals surface area contributed by atoms with E-state index < -0.39 is 0 Å². The molecule has 5 rings (SSSR count). The number of methoxy groups -OCH3 is 1. The first kappa shape index (κ1) is 23.6. The van der Waals surface area contributed by atoms with E-state index in [0.29, 0.717) is 27.3 Å². The molecule has 35 heavy (non-hydrogen) atoms. The maximum atomic E-state index is 13.4. The van der Waals surface area contributed by atoms with Crippen LogP contribution in [0.1, 0.15) is 11.1 Å². The Labute approximate surface area is 221 Å². The van der Waals surface area contributed by atoms with Gasteiger partial charge in [0.15, 0.2) is 15.8 Å². The fourth-order valence-electron chi connectivity index (χ4n) is 3.87. The number of fused-ring (bicyclic) bond motifs is 1. The van der Waals surface area contributed by atoms with Crippen molar-refractivity contribution in [3.05, 3.63) is 105 Å². The van der Waals surface area contributed by atoms with Crippen LogP contribution in [0.15, 0.2) is 94.3 Å². The molecule has 4 nitrogen and oxygen atoms in total. The van der Waals surface area contributed by atoms with Gasteiger partial charge in [-0.15, -0.1) is 0 Å². The molecule has 0 radical (unpaired) electrons. The Kier molecular flexibility index (Phi) is 6.90. The third-order valence-electron chi connectivity index (χ3n) is 5.59. The van der Waals surface area contributed by atoms with Crippen LogP contribution in [-0.4, -0.2) is 17.3 Å². The summed E-state index contributed by atoms with van der Waals surface area (Å²) in [5, 5.41) is 2.05. The first-order valence-corrected chi connectivity index (χ1v) is 12.9.